The standard InChI is InChI=1S/C17H19F2NS/c1-3-12-4-6-13(7-5-12)17(20)11(2)21-14-8-9-15(18)16(19)10-14/h4-11,17H,3,20H2,1-2H3. The highest BCUT2D eigenvalue weighted by molar-refractivity contribution is 8.00. The van der Waals surface area contributed by atoms with Crippen molar-refractivity contribution in [2.24, 2.45) is 5.73 Å². The lowest BCUT2D eigenvalue weighted by Gasteiger charge is -2.20. The van der Waals surface area contributed by atoms with Gasteiger partial charge in [0.25, 0.3) is 0 Å². The Morgan fingerprint density at radius 3 is 2.29 bits per heavy atom. The molecule has 0 amide bonds. The predicted octanol–water partition coefficient (Wildman–Crippen LogP) is 4.71. The monoisotopic (exact) mass is 307 g/mol. The molecule has 2 N–H and O–H groups in total. The zero-order valence-corrected chi connectivity index (χ0v) is 13.0. The molecule has 0 saturated carbocycles. The molecule has 1 nitrogen and oxygen atoms in total. The van der Waals surface area contributed by atoms with Crippen LogP contribution in [0.1, 0.15) is 31.0 Å². The van der Waals surface area contributed by atoms with Gasteiger partial charge in [0.2, 0.25) is 0 Å². The van der Waals surface area contributed by atoms with Crippen molar-refractivity contribution < 1.29 is 8.78 Å². The average Bonchev–Trinajstić information content (AvgIpc) is 2.50. The van der Waals surface area contributed by atoms with E-state index in [1.165, 1.54) is 23.4 Å². The van der Waals surface area contributed by atoms with Crippen LogP contribution in [0.2, 0.25) is 0 Å². The molecule has 0 aromatic heterocycles. The number of hydrogen-bond acceptors (Lipinski definition) is 2. The van der Waals surface area contributed by atoms with Crippen LogP contribution >= 0.6 is 11.8 Å². The zero-order valence-electron chi connectivity index (χ0n) is 12.1. The summed E-state index contributed by atoms with van der Waals surface area (Å²) in [5.74, 6) is -1.65. The van der Waals surface area contributed by atoms with E-state index in [1.807, 2.05) is 19.1 Å². The van der Waals surface area contributed by atoms with Gasteiger partial charge in [-0.05, 0) is 35.7 Å². The topological polar surface area (TPSA) is 26.0 Å². The quantitative estimate of drug-likeness (QED) is 0.810. The second-order valence-corrected chi connectivity index (χ2v) is 6.47. The molecule has 2 aromatic rings. The van der Waals surface area contributed by atoms with E-state index in [0.717, 1.165) is 18.1 Å². The Morgan fingerprint density at radius 1 is 1.05 bits per heavy atom. The molecule has 0 spiro atoms. The van der Waals surface area contributed by atoms with Gasteiger partial charge in [0, 0.05) is 16.2 Å². The summed E-state index contributed by atoms with van der Waals surface area (Å²) in [6.07, 6.45) is 0.995. The van der Waals surface area contributed by atoms with Crippen molar-refractivity contribution in [3.63, 3.8) is 0 Å². The summed E-state index contributed by atoms with van der Waals surface area (Å²) in [5.41, 5.74) is 8.58. The van der Waals surface area contributed by atoms with E-state index in [-0.39, 0.29) is 11.3 Å². The molecule has 0 radical (unpaired) electrons. The summed E-state index contributed by atoms with van der Waals surface area (Å²) >= 11 is 1.45. The van der Waals surface area contributed by atoms with E-state index < -0.39 is 11.6 Å². The van der Waals surface area contributed by atoms with Crippen molar-refractivity contribution in [3.05, 3.63) is 65.2 Å². The molecule has 0 fully saturated rings. The smallest absolute Gasteiger partial charge is 0.159 e. The number of benzene rings is 2. The number of thioether (sulfide) groups is 1. The van der Waals surface area contributed by atoms with Crippen LogP contribution in [-0.2, 0) is 6.42 Å². The van der Waals surface area contributed by atoms with E-state index in [9.17, 15) is 8.78 Å². The Kier molecular flexibility index (Phi) is 5.37. The molecule has 112 valence electrons. The van der Waals surface area contributed by atoms with Crippen molar-refractivity contribution in [1.29, 1.82) is 0 Å². The molecule has 0 heterocycles. The molecule has 0 aliphatic carbocycles. The number of halogens is 2. The van der Waals surface area contributed by atoms with E-state index in [2.05, 4.69) is 19.1 Å². The molecule has 4 heteroatoms. The molecule has 0 aliphatic heterocycles. The summed E-state index contributed by atoms with van der Waals surface area (Å²) in [7, 11) is 0. The van der Waals surface area contributed by atoms with Crippen molar-refractivity contribution in [2.45, 2.75) is 36.5 Å². The minimum absolute atomic E-state index is 0.0577. The van der Waals surface area contributed by atoms with Gasteiger partial charge >= 0.3 is 0 Å². The Morgan fingerprint density at radius 2 is 1.71 bits per heavy atom. The number of rotatable bonds is 5. The first kappa shape index (κ1) is 16.0. The number of aryl methyl sites for hydroxylation is 1. The normalized spacial score (nSPS) is 14.0. The summed E-state index contributed by atoms with van der Waals surface area (Å²) in [5, 5.41) is 0.0577. The molecule has 2 aromatic carbocycles. The van der Waals surface area contributed by atoms with Crippen LogP contribution in [0.25, 0.3) is 0 Å². The fraction of sp³-hybridized carbons (Fsp3) is 0.294. The van der Waals surface area contributed by atoms with Crippen LogP contribution < -0.4 is 5.73 Å². The van der Waals surface area contributed by atoms with Crippen molar-refractivity contribution in [3.8, 4) is 0 Å². The highest BCUT2D eigenvalue weighted by Crippen LogP contribution is 2.31. The van der Waals surface area contributed by atoms with Gasteiger partial charge in [0.1, 0.15) is 0 Å². The van der Waals surface area contributed by atoms with Gasteiger partial charge in [-0.1, -0.05) is 38.1 Å². The number of hydrogen-bond donors (Lipinski definition) is 1. The largest absolute Gasteiger partial charge is 0.323 e. The van der Waals surface area contributed by atoms with Gasteiger partial charge in [0.15, 0.2) is 11.6 Å². The second kappa shape index (κ2) is 7.05. The SMILES string of the molecule is CCc1ccc(C(N)C(C)Sc2ccc(F)c(F)c2)cc1. The molecule has 2 unspecified atom stereocenters. The van der Waals surface area contributed by atoms with Gasteiger partial charge in [0.05, 0.1) is 0 Å². The first-order valence-electron chi connectivity index (χ1n) is 6.97. The minimum Gasteiger partial charge on any atom is -0.323 e. The Bertz CT molecular complexity index is 598. The van der Waals surface area contributed by atoms with E-state index in [4.69, 9.17) is 5.73 Å². The highest BCUT2D eigenvalue weighted by Gasteiger charge is 2.17. The molecule has 0 bridgehead atoms. The maximum Gasteiger partial charge on any atom is 0.159 e. The Hall–Kier alpha value is -1.39. The molecule has 0 aliphatic rings. The molecule has 21 heavy (non-hydrogen) atoms. The molecule has 2 atom stereocenters. The lowest BCUT2D eigenvalue weighted by molar-refractivity contribution is 0.506. The van der Waals surface area contributed by atoms with Gasteiger partial charge in [-0.3, -0.25) is 0 Å². The fourth-order valence-corrected chi connectivity index (χ4v) is 3.14. The van der Waals surface area contributed by atoms with Crippen molar-refractivity contribution in [1.82, 2.24) is 0 Å². The summed E-state index contributed by atoms with van der Waals surface area (Å²) in [6.45, 7) is 4.10. The molecule has 0 saturated heterocycles. The van der Waals surface area contributed by atoms with Crippen LogP contribution in [-0.4, -0.2) is 5.25 Å². The Labute approximate surface area is 128 Å². The maximum atomic E-state index is 13.2. The second-order valence-electron chi connectivity index (χ2n) is 5.02. The van der Waals surface area contributed by atoms with E-state index >= 15 is 0 Å². The van der Waals surface area contributed by atoms with Gasteiger partial charge in [-0.25, -0.2) is 8.78 Å². The molecular weight excluding hydrogens is 288 g/mol. The van der Waals surface area contributed by atoms with E-state index in [0.29, 0.717) is 4.90 Å². The first-order valence-corrected chi connectivity index (χ1v) is 7.85. The maximum absolute atomic E-state index is 13.2. The highest BCUT2D eigenvalue weighted by atomic mass is 32.2. The third-order valence-corrected chi connectivity index (χ3v) is 4.68. The zero-order chi connectivity index (χ0) is 15.4. The van der Waals surface area contributed by atoms with Gasteiger partial charge in [-0.2, -0.15) is 0 Å². The van der Waals surface area contributed by atoms with Gasteiger partial charge < -0.3 is 5.73 Å². The van der Waals surface area contributed by atoms with Crippen LogP contribution in [0.5, 0.6) is 0 Å². The van der Waals surface area contributed by atoms with Crippen LogP contribution in [0, 0.1) is 11.6 Å². The summed E-state index contributed by atoms with van der Waals surface area (Å²) in [4.78, 5) is 0.682. The average molecular weight is 307 g/mol. The fourth-order valence-electron chi connectivity index (χ4n) is 2.08. The minimum atomic E-state index is -0.827. The van der Waals surface area contributed by atoms with Crippen molar-refractivity contribution >= 4 is 11.8 Å². The van der Waals surface area contributed by atoms with Crippen LogP contribution in [0.4, 0.5) is 8.78 Å². The third-order valence-electron chi connectivity index (χ3n) is 3.49. The lowest BCUT2D eigenvalue weighted by Crippen LogP contribution is -2.21. The van der Waals surface area contributed by atoms with Crippen molar-refractivity contribution in [2.75, 3.05) is 0 Å². The lowest BCUT2D eigenvalue weighted by atomic mass is 10.0. The summed E-state index contributed by atoms with van der Waals surface area (Å²) in [6, 6.07) is 12.0. The molecular formula is C17H19F2NS. The van der Waals surface area contributed by atoms with Crippen LogP contribution in [0.3, 0.4) is 0 Å². The predicted molar refractivity (Wildman–Crippen MR) is 84.4 cm³/mol. The summed E-state index contributed by atoms with van der Waals surface area (Å²) < 4.78 is 26.1. The molecule has 2 rings (SSSR count). The third kappa shape index (κ3) is 4.05. The Balaban J connectivity index is 2.07. The van der Waals surface area contributed by atoms with E-state index in [1.54, 1.807) is 6.07 Å². The first-order chi connectivity index (χ1) is 10.0. The van der Waals surface area contributed by atoms with Crippen LogP contribution in [0.15, 0.2) is 47.4 Å². The number of nitrogens with two attached hydrogens (primary N) is 1. The van der Waals surface area contributed by atoms with Gasteiger partial charge in [-0.15, -0.1) is 11.8 Å².